The zero-order valence-electron chi connectivity index (χ0n) is 17.0. The normalized spacial score (nSPS) is 23.4. The van der Waals surface area contributed by atoms with Crippen molar-refractivity contribution >= 4 is 28.2 Å². The van der Waals surface area contributed by atoms with Gasteiger partial charge in [-0.1, -0.05) is 0 Å². The van der Waals surface area contributed by atoms with E-state index in [1.807, 2.05) is 18.9 Å². The van der Waals surface area contributed by atoms with Crippen molar-refractivity contribution in [1.82, 2.24) is 9.47 Å². The fourth-order valence-corrected chi connectivity index (χ4v) is 4.39. The van der Waals surface area contributed by atoms with Gasteiger partial charge in [-0.3, -0.25) is 19.4 Å². The maximum Gasteiger partial charge on any atom is 0.277 e. The van der Waals surface area contributed by atoms with E-state index in [1.54, 1.807) is 4.90 Å². The number of nitrogens with zero attached hydrogens (tertiary/aromatic N) is 4. The number of piperazine rings is 1. The molecule has 3 atom stereocenters. The summed E-state index contributed by atoms with van der Waals surface area (Å²) in [5.41, 5.74) is -0.900. The summed E-state index contributed by atoms with van der Waals surface area (Å²) >= 11 is 0. The second-order valence-corrected chi connectivity index (χ2v) is 7.99. The molecule has 3 heterocycles. The van der Waals surface area contributed by atoms with Crippen LogP contribution < -0.4 is 15.4 Å². The van der Waals surface area contributed by atoms with Gasteiger partial charge >= 0.3 is 0 Å². The predicted octanol–water partition coefficient (Wildman–Crippen LogP) is 2.30. The first-order valence-electron chi connectivity index (χ1n) is 9.51. The van der Waals surface area contributed by atoms with Crippen LogP contribution in [0, 0.1) is 18.6 Å². The molecule has 1 fully saturated rings. The number of fused-ring (bicyclic) bond motifs is 5. The SMILES string of the molecule is Cc1c(F)cc2c3c(c(=O)n(C)c2c1F)N(C(C)F)C(=O)C1CN(C)C(C)CN31. The van der Waals surface area contributed by atoms with Gasteiger partial charge in [0, 0.05) is 37.1 Å². The van der Waals surface area contributed by atoms with E-state index in [1.165, 1.54) is 27.0 Å². The van der Waals surface area contributed by atoms with Crippen LogP contribution in [0.15, 0.2) is 10.9 Å². The minimum absolute atomic E-state index is 0.0282. The van der Waals surface area contributed by atoms with E-state index in [9.17, 15) is 22.8 Å². The van der Waals surface area contributed by atoms with Crippen molar-refractivity contribution in [3.8, 4) is 0 Å². The van der Waals surface area contributed by atoms with Gasteiger partial charge in [0.15, 0.2) is 12.1 Å². The van der Waals surface area contributed by atoms with Gasteiger partial charge in [0.05, 0.1) is 11.2 Å². The molecule has 2 aliphatic heterocycles. The average molecular weight is 408 g/mol. The predicted molar refractivity (Wildman–Crippen MR) is 105 cm³/mol. The third kappa shape index (κ3) is 2.59. The molecule has 2 aromatic rings. The number of hydrogen-bond acceptors (Lipinski definition) is 4. The zero-order chi connectivity index (χ0) is 21.4. The van der Waals surface area contributed by atoms with Crippen LogP contribution in [0.25, 0.3) is 10.9 Å². The second-order valence-electron chi connectivity index (χ2n) is 7.99. The summed E-state index contributed by atoms with van der Waals surface area (Å²) < 4.78 is 45.1. The molecular formula is C20H23F3N4O2. The summed E-state index contributed by atoms with van der Waals surface area (Å²) in [5.74, 6) is -2.13. The van der Waals surface area contributed by atoms with E-state index in [4.69, 9.17) is 0 Å². The highest BCUT2D eigenvalue weighted by Crippen LogP contribution is 2.43. The van der Waals surface area contributed by atoms with Crippen LogP contribution in [0.5, 0.6) is 0 Å². The lowest BCUT2D eigenvalue weighted by Gasteiger charge is -2.50. The number of halogens is 3. The molecule has 1 amide bonds. The number of amides is 1. The summed E-state index contributed by atoms with van der Waals surface area (Å²) in [5, 5.41) is 0.155. The first-order chi connectivity index (χ1) is 13.6. The van der Waals surface area contributed by atoms with Crippen molar-refractivity contribution in [3.05, 3.63) is 33.6 Å². The molecule has 1 aromatic heterocycles. The largest absolute Gasteiger partial charge is 0.354 e. The Morgan fingerprint density at radius 2 is 1.79 bits per heavy atom. The number of carbonyl (C=O) groups excluding carboxylic acids is 1. The molecule has 156 valence electrons. The molecule has 29 heavy (non-hydrogen) atoms. The van der Waals surface area contributed by atoms with Crippen molar-refractivity contribution in [1.29, 1.82) is 0 Å². The van der Waals surface area contributed by atoms with Crippen LogP contribution in [-0.2, 0) is 11.8 Å². The molecule has 2 aliphatic rings. The Bertz CT molecular complexity index is 1100. The monoisotopic (exact) mass is 408 g/mol. The molecule has 3 unspecified atom stereocenters. The van der Waals surface area contributed by atoms with Gasteiger partial charge in [0.25, 0.3) is 11.5 Å². The van der Waals surface area contributed by atoms with Gasteiger partial charge < -0.3 is 9.47 Å². The van der Waals surface area contributed by atoms with Crippen molar-refractivity contribution in [2.24, 2.45) is 7.05 Å². The number of pyridine rings is 1. The Morgan fingerprint density at radius 1 is 1.14 bits per heavy atom. The highest BCUT2D eigenvalue weighted by molar-refractivity contribution is 6.12. The number of alkyl halides is 1. The van der Waals surface area contributed by atoms with Crippen LogP contribution in [0.3, 0.4) is 0 Å². The van der Waals surface area contributed by atoms with Gasteiger partial charge in [0.2, 0.25) is 0 Å². The smallest absolute Gasteiger partial charge is 0.277 e. The van der Waals surface area contributed by atoms with E-state index < -0.39 is 35.4 Å². The summed E-state index contributed by atoms with van der Waals surface area (Å²) in [6.07, 6.45) is -1.77. The number of aryl methyl sites for hydroxylation is 1. The number of likely N-dealkylation sites (N-methyl/N-ethyl adjacent to an activating group) is 1. The third-order valence-electron chi connectivity index (χ3n) is 6.20. The highest BCUT2D eigenvalue weighted by Gasteiger charge is 2.46. The molecule has 4 rings (SSSR count). The van der Waals surface area contributed by atoms with Gasteiger partial charge in [-0.15, -0.1) is 0 Å². The lowest BCUT2D eigenvalue weighted by atomic mass is 9.97. The topological polar surface area (TPSA) is 48.8 Å². The lowest BCUT2D eigenvalue weighted by molar-refractivity contribution is -0.122. The lowest BCUT2D eigenvalue weighted by Crippen LogP contribution is -2.66. The van der Waals surface area contributed by atoms with E-state index >= 15 is 0 Å². The zero-order valence-corrected chi connectivity index (χ0v) is 17.0. The number of carbonyl (C=O) groups is 1. The van der Waals surface area contributed by atoms with Crippen LogP contribution in [-0.4, -0.2) is 53.9 Å². The minimum Gasteiger partial charge on any atom is -0.354 e. The fourth-order valence-electron chi connectivity index (χ4n) is 4.39. The standard InChI is InChI=1S/C20H23F3N4O2/c1-9-7-26-14(8-24(9)4)19(28)27(11(3)21)18-17(26)12-6-13(22)10(2)15(23)16(12)25(5)20(18)29/h6,9,11,14H,7-8H2,1-5H3. The van der Waals surface area contributed by atoms with Crippen molar-refractivity contribution in [2.45, 2.75) is 39.2 Å². The maximum absolute atomic E-state index is 15.0. The van der Waals surface area contributed by atoms with Crippen LogP contribution in [0.2, 0.25) is 0 Å². The van der Waals surface area contributed by atoms with Crippen molar-refractivity contribution in [2.75, 3.05) is 29.9 Å². The number of rotatable bonds is 1. The van der Waals surface area contributed by atoms with Crippen LogP contribution >= 0.6 is 0 Å². The molecular weight excluding hydrogens is 385 g/mol. The van der Waals surface area contributed by atoms with E-state index in [0.29, 0.717) is 13.1 Å². The number of aromatic nitrogens is 1. The Kier molecular flexibility index (Phi) is 4.41. The van der Waals surface area contributed by atoms with E-state index in [0.717, 1.165) is 9.47 Å². The maximum atomic E-state index is 15.0. The number of benzene rings is 1. The summed E-state index contributed by atoms with van der Waals surface area (Å²) in [6.45, 7) is 5.11. The Hall–Kier alpha value is -2.55. The first kappa shape index (κ1) is 19.8. The molecule has 0 N–H and O–H groups in total. The number of anilines is 2. The quantitative estimate of drug-likeness (QED) is 0.680. The molecule has 0 bridgehead atoms. The molecule has 1 aromatic carbocycles. The fraction of sp³-hybridized carbons (Fsp3) is 0.500. The molecule has 0 spiro atoms. The molecule has 0 radical (unpaired) electrons. The van der Waals surface area contributed by atoms with Crippen LogP contribution in [0.1, 0.15) is 19.4 Å². The Balaban J connectivity index is 2.16. The molecule has 0 aliphatic carbocycles. The Morgan fingerprint density at radius 3 is 2.41 bits per heavy atom. The molecule has 9 heteroatoms. The summed E-state index contributed by atoms with van der Waals surface area (Å²) in [4.78, 5) is 30.8. The summed E-state index contributed by atoms with van der Waals surface area (Å²) in [7, 11) is 3.20. The van der Waals surface area contributed by atoms with Gasteiger partial charge in [-0.05, 0) is 33.9 Å². The average Bonchev–Trinajstić information content (AvgIpc) is 2.65. The molecule has 0 saturated carbocycles. The Labute approximate surface area is 166 Å². The second kappa shape index (κ2) is 6.48. The van der Waals surface area contributed by atoms with Gasteiger partial charge in [-0.25, -0.2) is 13.2 Å². The third-order valence-corrected chi connectivity index (χ3v) is 6.20. The van der Waals surface area contributed by atoms with E-state index in [2.05, 4.69) is 0 Å². The van der Waals surface area contributed by atoms with E-state index in [-0.39, 0.29) is 33.9 Å². The summed E-state index contributed by atoms with van der Waals surface area (Å²) in [6, 6.07) is 0.452. The minimum atomic E-state index is -1.77. The van der Waals surface area contributed by atoms with Gasteiger partial charge in [0.1, 0.15) is 17.5 Å². The molecule has 6 nitrogen and oxygen atoms in total. The molecule has 1 saturated heterocycles. The van der Waals surface area contributed by atoms with Gasteiger partial charge in [-0.2, -0.15) is 0 Å². The first-order valence-corrected chi connectivity index (χ1v) is 9.51. The van der Waals surface area contributed by atoms with Crippen molar-refractivity contribution in [3.63, 3.8) is 0 Å². The van der Waals surface area contributed by atoms with Crippen LogP contribution in [0.4, 0.5) is 24.5 Å². The number of hydrogen-bond donors (Lipinski definition) is 0. The highest BCUT2D eigenvalue weighted by atomic mass is 19.1. The van der Waals surface area contributed by atoms with Crippen molar-refractivity contribution < 1.29 is 18.0 Å².